The van der Waals surface area contributed by atoms with E-state index >= 15 is 0 Å². The van der Waals surface area contributed by atoms with Crippen LogP contribution in [0.1, 0.15) is 5.89 Å². The molecule has 1 aromatic heterocycles. The SMILES string of the molecule is COc1ccc(NC(=O)COc2cccc(-c3noc(COc4ccccc4)n3)c2)cc1. The number of carbonyl (C=O) groups is 1. The lowest BCUT2D eigenvalue weighted by atomic mass is 10.2. The molecule has 0 saturated carbocycles. The number of amides is 1. The zero-order valence-corrected chi connectivity index (χ0v) is 17.4. The van der Waals surface area contributed by atoms with E-state index in [0.29, 0.717) is 34.5 Å². The number of benzene rings is 3. The Labute approximate surface area is 184 Å². The van der Waals surface area contributed by atoms with Gasteiger partial charge in [0, 0.05) is 11.3 Å². The van der Waals surface area contributed by atoms with Crippen molar-refractivity contribution in [2.75, 3.05) is 19.0 Å². The summed E-state index contributed by atoms with van der Waals surface area (Å²) in [5.74, 6) is 2.43. The van der Waals surface area contributed by atoms with Gasteiger partial charge in [0.05, 0.1) is 7.11 Å². The minimum absolute atomic E-state index is 0.141. The van der Waals surface area contributed by atoms with Crippen molar-refractivity contribution in [2.24, 2.45) is 0 Å². The van der Waals surface area contributed by atoms with Gasteiger partial charge in [0.15, 0.2) is 13.2 Å². The molecule has 0 atom stereocenters. The van der Waals surface area contributed by atoms with Crippen LogP contribution in [0.5, 0.6) is 17.2 Å². The lowest BCUT2D eigenvalue weighted by molar-refractivity contribution is -0.118. The first-order chi connectivity index (χ1) is 15.7. The van der Waals surface area contributed by atoms with Crippen molar-refractivity contribution in [1.82, 2.24) is 10.1 Å². The molecule has 0 bridgehead atoms. The number of hydrogen-bond acceptors (Lipinski definition) is 7. The Kier molecular flexibility index (Phi) is 6.62. The molecule has 0 fully saturated rings. The summed E-state index contributed by atoms with van der Waals surface area (Å²) in [6.45, 7) is 0.0244. The number of rotatable bonds is 9. The summed E-state index contributed by atoms with van der Waals surface area (Å²) in [4.78, 5) is 16.5. The molecular formula is C24H21N3O5. The fourth-order valence-electron chi connectivity index (χ4n) is 2.84. The van der Waals surface area contributed by atoms with Crippen molar-refractivity contribution in [1.29, 1.82) is 0 Å². The first-order valence-electron chi connectivity index (χ1n) is 9.87. The third kappa shape index (κ3) is 5.63. The van der Waals surface area contributed by atoms with Gasteiger partial charge in [0.2, 0.25) is 5.82 Å². The number of hydrogen-bond donors (Lipinski definition) is 1. The maximum atomic E-state index is 12.2. The summed E-state index contributed by atoms with van der Waals surface area (Å²) in [6, 6.07) is 23.6. The predicted octanol–water partition coefficient (Wildman–Crippen LogP) is 4.34. The molecule has 0 saturated heterocycles. The van der Waals surface area contributed by atoms with Crippen molar-refractivity contribution >= 4 is 11.6 Å². The number of methoxy groups -OCH3 is 1. The molecule has 0 aliphatic rings. The Morgan fingerprint density at radius 2 is 1.69 bits per heavy atom. The summed E-state index contributed by atoms with van der Waals surface area (Å²) in [6.07, 6.45) is 0. The Morgan fingerprint density at radius 3 is 2.47 bits per heavy atom. The summed E-state index contributed by atoms with van der Waals surface area (Å²) in [5.41, 5.74) is 1.36. The van der Waals surface area contributed by atoms with Crippen molar-refractivity contribution in [2.45, 2.75) is 6.61 Å². The maximum absolute atomic E-state index is 12.2. The third-order valence-corrected chi connectivity index (χ3v) is 4.41. The summed E-state index contributed by atoms with van der Waals surface area (Å²) in [5, 5.41) is 6.76. The number of nitrogens with one attached hydrogen (secondary N) is 1. The van der Waals surface area contributed by atoms with E-state index in [1.165, 1.54) is 0 Å². The topological polar surface area (TPSA) is 95.7 Å². The highest BCUT2D eigenvalue weighted by molar-refractivity contribution is 5.91. The van der Waals surface area contributed by atoms with Gasteiger partial charge in [0.25, 0.3) is 11.8 Å². The van der Waals surface area contributed by atoms with Crippen LogP contribution >= 0.6 is 0 Å². The molecule has 8 nitrogen and oxygen atoms in total. The van der Waals surface area contributed by atoms with Crippen LogP contribution in [0.4, 0.5) is 5.69 Å². The number of carbonyl (C=O) groups excluding carboxylic acids is 1. The lowest BCUT2D eigenvalue weighted by Crippen LogP contribution is -2.20. The molecule has 1 heterocycles. The normalized spacial score (nSPS) is 10.4. The van der Waals surface area contributed by atoms with Crippen LogP contribution in [0.2, 0.25) is 0 Å². The van der Waals surface area contributed by atoms with Crippen molar-refractivity contribution in [3.05, 3.63) is 84.8 Å². The molecule has 1 amide bonds. The average Bonchev–Trinajstić information content (AvgIpc) is 3.32. The Morgan fingerprint density at radius 1 is 0.906 bits per heavy atom. The number of nitrogens with zero attached hydrogens (tertiary/aromatic N) is 2. The van der Waals surface area contributed by atoms with E-state index < -0.39 is 0 Å². The first-order valence-corrected chi connectivity index (χ1v) is 9.87. The average molecular weight is 431 g/mol. The van der Waals surface area contributed by atoms with E-state index in [9.17, 15) is 4.79 Å². The Bertz CT molecular complexity index is 1160. The van der Waals surface area contributed by atoms with Crippen LogP contribution in [-0.2, 0) is 11.4 Å². The lowest BCUT2D eigenvalue weighted by Gasteiger charge is -2.08. The highest BCUT2D eigenvalue weighted by Crippen LogP contribution is 2.22. The fourth-order valence-corrected chi connectivity index (χ4v) is 2.84. The van der Waals surface area contributed by atoms with Gasteiger partial charge in [-0.3, -0.25) is 4.79 Å². The predicted molar refractivity (Wildman–Crippen MR) is 118 cm³/mol. The van der Waals surface area contributed by atoms with E-state index in [1.807, 2.05) is 36.4 Å². The van der Waals surface area contributed by atoms with Gasteiger partial charge < -0.3 is 24.1 Å². The molecule has 0 unspecified atom stereocenters. The molecule has 3 aromatic carbocycles. The van der Waals surface area contributed by atoms with E-state index in [1.54, 1.807) is 49.6 Å². The van der Waals surface area contributed by atoms with Crippen LogP contribution in [0, 0.1) is 0 Å². The van der Waals surface area contributed by atoms with Crippen molar-refractivity contribution in [3.8, 4) is 28.6 Å². The number of anilines is 1. The third-order valence-electron chi connectivity index (χ3n) is 4.41. The van der Waals surface area contributed by atoms with E-state index in [4.69, 9.17) is 18.7 Å². The van der Waals surface area contributed by atoms with Gasteiger partial charge in [0.1, 0.15) is 17.2 Å². The molecule has 162 valence electrons. The van der Waals surface area contributed by atoms with Gasteiger partial charge in [-0.2, -0.15) is 4.98 Å². The molecule has 0 aliphatic carbocycles. The number of ether oxygens (including phenoxy) is 3. The van der Waals surface area contributed by atoms with E-state index in [2.05, 4.69) is 15.5 Å². The molecule has 8 heteroatoms. The van der Waals surface area contributed by atoms with Crippen LogP contribution < -0.4 is 19.5 Å². The maximum Gasteiger partial charge on any atom is 0.264 e. The van der Waals surface area contributed by atoms with Crippen molar-refractivity contribution in [3.63, 3.8) is 0 Å². The molecule has 32 heavy (non-hydrogen) atoms. The first kappa shape index (κ1) is 20.9. The molecule has 0 radical (unpaired) electrons. The number of para-hydroxylation sites is 1. The monoisotopic (exact) mass is 431 g/mol. The van der Waals surface area contributed by atoms with E-state index in [0.717, 1.165) is 5.75 Å². The number of aromatic nitrogens is 2. The van der Waals surface area contributed by atoms with E-state index in [-0.39, 0.29) is 19.1 Å². The summed E-state index contributed by atoms with van der Waals surface area (Å²) >= 11 is 0. The summed E-state index contributed by atoms with van der Waals surface area (Å²) < 4.78 is 21.6. The van der Waals surface area contributed by atoms with Crippen LogP contribution in [0.15, 0.2) is 83.4 Å². The van der Waals surface area contributed by atoms with Gasteiger partial charge in [-0.1, -0.05) is 35.5 Å². The highest BCUT2D eigenvalue weighted by Gasteiger charge is 2.11. The smallest absolute Gasteiger partial charge is 0.264 e. The minimum Gasteiger partial charge on any atom is -0.497 e. The second kappa shape index (κ2) is 10.1. The van der Waals surface area contributed by atoms with Crippen molar-refractivity contribution < 1.29 is 23.5 Å². The Hall–Kier alpha value is -4.33. The molecule has 1 N–H and O–H groups in total. The second-order valence-electron chi connectivity index (χ2n) is 6.71. The zero-order chi connectivity index (χ0) is 22.2. The molecule has 4 rings (SSSR count). The van der Waals surface area contributed by atoms with Gasteiger partial charge >= 0.3 is 0 Å². The molecule has 0 spiro atoms. The summed E-state index contributed by atoms with van der Waals surface area (Å²) in [7, 11) is 1.59. The quantitative estimate of drug-likeness (QED) is 0.421. The highest BCUT2D eigenvalue weighted by atomic mass is 16.5. The zero-order valence-electron chi connectivity index (χ0n) is 17.4. The minimum atomic E-state index is -0.277. The molecule has 4 aromatic rings. The Balaban J connectivity index is 1.32. The largest absolute Gasteiger partial charge is 0.497 e. The van der Waals surface area contributed by atoms with Crippen LogP contribution in [0.3, 0.4) is 0 Å². The van der Waals surface area contributed by atoms with Crippen LogP contribution in [0.25, 0.3) is 11.4 Å². The molecule has 0 aliphatic heterocycles. The second-order valence-corrected chi connectivity index (χ2v) is 6.71. The van der Waals surface area contributed by atoms with Gasteiger partial charge in [-0.15, -0.1) is 0 Å². The van der Waals surface area contributed by atoms with Crippen LogP contribution in [-0.4, -0.2) is 29.8 Å². The van der Waals surface area contributed by atoms with Gasteiger partial charge in [-0.25, -0.2) is 0 Å². The van der Waals surface area contributed by atoms with Gasteiger partial charge in [-0.05, 0) is 48.5 Å². The fraction of sp³-hybridized carbons (Fsp3) is 0.125. The standard InChI is InChI=1S/C24H21N3O5/c1-29-19-12-10-18(11-13-19)25-22(28)15-30-21-9-5-6-17(14-21)24-26-23(32-27-24)16-31-20-7-3-2-4-8-20/h2-14H,15-16H2,1H3,(H,25,28). The molecular weight excluding hydrogens is 410 g/mol.